The molecule has 0 radical (unpaired) electrons. The molecule has 0 bridgehead atoms. The molecular formula is C9H17NO2S. The van der Waals surface area contributed by atoms with Crippen LogP contribution in [0.15, 0.2) is 4.36 Å². The molecule has 0 spiro atoms. The van der Waals surface area contributed by atoms with Crippen molar-refractivity contribution in [1.82, 2.24) is 0 Å². The van der Waals surface area contributed by atoms with E-state index in [2.05, 4.69) is 4.36 Å². The van der Waals surface area contributed by atoms with Gasteiger partial charge in [0.05, 0.1) is 0 Å². The van der Waals surface area contributed by atoms with Crippen LogP contribution in [0.1, 0.15) is 26.2 Å². The number of hydrogen-bond donors (Lipinski definition) is 0. The van der Waals surface area contributed by atoms with Gasteiger partial charge in [-0.25, -0.2) is 8.57 Å². The summed E-state index contributed by atoms with van der Waals surface area (Å²) in [6, 6.07) is 0. The maximum absolute atomic E-state index is 11.8. The quantitative estimate of drug-likeness (QED) is 0.682. The highest BCUT2D eigenvalue weighted by Crippen LogP contribution is 2.21. The minimum absolute atomic E-state index is 0.154. The largest absolute Gasteiger partial charge is 0.299 e. The van der Waals surface area contributed by atoms with Gasteiger partial charge in [0.25, 0.3) is 0 Å². The Kier molecular flexibility index (Phi) is 3.47. The van der Waals surface area contributed by atoms with Crippen LogP contribution < -0.4 is 0 Å². The molecule has 0 aromatic carbocycles. The Morgan fingerprint density at radius 3 is 2.38 bits per heavy atom. The molecule has 1 heterocycles. The fraction of sp³-hybridized carbons (Fsp3) is 0.889. The minimum Gasteiger partial charge on any atom is -0.299 e. The summed E-state index contributed by atoms with van der Waals surface area (Å²) in [6.45, 7) is 1.89. The fourth-order valence-corrected chi connectivity index (χ4v) is 3.57. The molecule has 0 saturated carbocycles. The van der Waals surface area contributed by atoms with E-state index in [0.717, 1.165) is 12.8 Å². The maximum atomic E-state index is 11.8. The van der Waals surface area contributed by atoms with Gasteiger partial charge in [-0.05, 0) is 12.8 Å². The number of Topliss-reactive ketones (excluding diaryl/α,β-unsaturated/α-hetero) is 1. The molecule has 1 aliphatic heterocycles. The third-order valence-corrected chi connectivity index (χ3v) is 5.12. The van der Waals surface area contributed by atoms with Crippen molar-refractivity contribution in [3.8, 4) is 0 Å². The van der Waals surface area contributed by atoms with E-state index >= 15 is 0 Å². The van der Waals surface area contributed by atoms with Crippen LogP contribution in [0.25, 0.3) is 0 Å². The fourth-order valence-electron chi connectivity index (χ4n) is 1.69. The number of carbonyl (C=O) groups excluding carboxylic acids is 1. The van der Waals surface area contributed by atoms with Crippen molar-refractivity contribution in [2.24, 2.45) is 10.3 Å². The molecule has 76 valence electrons. The van der Waals surface area contributed by atoms with E-state index in [1.54, 1.807) is 7.05 Å². The van der Waals surface area contributed by atoms with Crippen molar-refractivity contribution < 1.29 is 9.00 Å². The number of nitrogens with zero attached hydrogens (tertiary/aromatic N) is 1. The van der Waals surface area contributed by atoms with E-state index < -0.39 is 9.73 Å². The highest BCUT2D eigenvalue weighted by atomic mass is 32.2. The second-order valence-electron chi connectivity index (χ2n) is 3.46. The lowest BCUT2D eigenvalue weighted by Crippen LogP contribution is -2.27. The first kappa shape index (κ1) is 10.7. The zero-order valence-corrected chi connectivity index (χ0v) is 9.10. The average molecular weight is 203 g/mol. The molecule has 0 aromatic heterocycles. The van der Waals surface area contributed by atoms with Gasteiger partial charge in [-0.1, -0.05) is 6.92 Å². The highest BCUT2D eigenvalue weighted by Gasteiger charge is 2.25. The summed E-state index contributed by atoms with van der Waals surface area (Å²) in [5.74, 6) is 1.69. The second-order valence-corrected chi connectivity index (χ2v) is 6.18. The molecule has 0 amide bonds. The first-order valence-corrected chi connectivity index (χ1v) is 6.60. The summed E-state index contributed by atoms with van der Waals surface area (Å²) >= 11 is 0. The lowest BCUT2D eigenvalue weighted by Gasteiger charge is -2.22. The third-order valence-electron chi connectivity index (χ3n) is 2.71. The van der Waals surface area contributed by atoms with E-state index in [9.17, 15) is 9.00 Å². The second kappa shape index (κ2) is 4.22. The van der Waals surface area contributed by atoms with Gasteiger partial charge < -0.3 is 0 Å². The molecule has 0 atom stereocenters. The third kappa shape index (κ3) is 2.53. The zero-order chi connectivity index (χ0) is 9.90. The summed E-state index contributed by atoms with van der Waals surface area (Å²) in [6.07, 6.45) is 2.14. The summed E-state index contributed by atoms with van der Waals surface area (Å²) in [7, 11) is -0.315. The molecule has 3 nitrogen and oxygen atoms in total. The molecule has 4 heteroatoms. The normalized spacial score (nSPS) is 34.2. The Bertz CT molecular complexity index is 289. The first-order chi connectivity index (χ1) is 6.11. The van der Waals surface area contributed by atoms with Gasteiger partial charge in [0.2, 0.25) is 0 Å². The van der Waals surface area contributed by atoms with Crippen LogP contribution in [0, 0.1) is 5.92 Å². The Hall–Kier alpha value is -0.380. The summed E-state index contributed by atoms with van der Waals surface area (Å²) in [5, 5.41) is 0. The van der Waals surface area contributed by atoms with Crippen LogP contribution in [0.3, 0.4) is 0 Å². The van der Waals surface area contributed by atoms with Gasteiger partial charge in [0, 0.05) is 40.6 Å². The van der Waals surface area contributed by atoms with Crippen LogP contribution in [0.5, 0.6) is 0 Å². The standard InChI is InChI=1S/C9H17NO2S/c1-3-9(11)8-4-6-13(12,10-2)7-5-8/h8H,3-7H2,1-2H3. The SMILES string of the molecule is CCC(=O)C1CCS(=O)(=NC)CC1. The van der Waals surface area contributed by atoms with E-state index in [1.165, 1.54) is 0 Å². The predicted octanol–water partition coefficient (Wildman–Crippen LogP) is 1.47. The molecule has 0 N–H and O–H groups in total. The molecule has 0 aromatic rings. The lowest BCUT2D eigenvalue weighted by atomic mass is 9.96. The maximum Gasteiger partial charge on any atom is 0.135 e. The van der Waals surface area contributed by atoms with Gasteiger partial charge in [0.15, 0.2) is 0 Å². The van der Waals surface area contributed by atoms with E-state index in [1.807, 2.05) is 6.92 Å². The van der Waals surface area contributed by atoms with Crippen molar-refractivity contribution in [3.05, 3.63) is 0 Å². The molecule has 1 saturated heterocycles. The number of ketones is 1. The topological polar surface area (TPSA) is 46.5 Å². The number of hydrogen-bond acceptors (Lipinski definition) is 3. The Labute approximate surface area is 80.1 Å². The van der Waals surface area contributed by atoms with Crippen molar-refractivity contribution in [3.63, 3.8) is 0 Å². The molecule has 0 unspecified atom stereocenters. The summed E-state index contributed by atoms with van der Waals surface area (Å²) < 4.78 is 15.7. The molecule has 0 aliphatic carbocycles. The van der Waals surface area contributed by atoms with Gasteiger partial charge in [0.1, 0.15) is 5.78 Å². The van der Waals surface area contributed by atoms with Crippen molar-refractivity contribution in [2.45, 2.75) is 26.2 Å². The molecule has 1 rings (SSSR count). The summed E-state index contributed by atoms with van der Waals surface area (Å²) in [5.41, 5.74) is 0. The van der Waals surface area contributed by atoms with E-state index in [-0.39, 0.29) is 5.92 Å². The predicted molar refractivity (Wildman–Crippen MR) is 54.3 cm³/mol. The summed E-state index contributed by atoms with van der Waals surface area (Å²) in [4.78, 5) is 11.3. The van der Waals surface area contributed by atoms with Gasteiger partial charge in [-0.15, -0.1) is 0 Å². The average Bonchev–Trinajstić information content (AvgIpc) is 2.18. The van der Waals surface area contributed by atoms with Crippen molar-refractivity contribution in [1.29, 1.82) is 0 Å². The zero-order valence-electron chi connectivity index (χ0n) is 8.28. The van der Waals surface area contributed by atoms with Crippen LogP contribution in [-0.4, -0.2) is 28.5 Å². The highest BCUT2D eigenvalue weighted by molar-refractivity contribution is 7.93. The number of carbonyl (C=O) groups is 1. The van der Waals surface area contributed by atoms with Crippen molar-refractivity contribution in [2.75, 3.05) is 18.6 Å². The molecular weight excluding hydrogens is 186 g/mol. The van der Waals surface area contributed by atoms with Gasteiger partial charge >= 0.3 is 0 Å². The molecule has 1 aliphatic rings. The smallest absolute Gasteiger partial charge is 0.135 e. The first-order valence-electron chi connectivity index (χ1n) is 4.74. The van der Waals surface area contributed by atoms with E-state index in [0.29, 0.717) is 23.7 Å². The monoisotopic (exact) mass is 203 g/mol. The molecule has 1 fully saturated rings. The van der Waals surface area contributed by atoms with Crippen molar-refractivity contribution >= 4 is 15.5 Å². The van der Waals surface area contributed by atoms with Crippen LogP contribution >= 0.6 is 0 Å². The Morgan fingerprint density at radius 2 is 2.00 bits per heavy atom. The minimum atomic E-state index is -1.93. The Morgan fingerprint density at radius 1 is 1.46 bits per heavy atom. The molecule has 13 heavy (non-hydrogen) atoms. The van der Waals surface area contributed by atoms with Crippen LogP contribution in [-0.2, 0) is 14.5 Å². The van der Waals surface area contributed by atoms with Crippen LogP contribution in [0.2, 0.25) is 0 Å². The van der Waals surface area contributed by atoms with Gasteiger partial charge in [-0.3, -0.25) is 4.79 Å². The Balaban J connectivity index is 2.58. The lowest BCUT2D eigenvalue weighted by molar-refractivity contribution is -0.122. The number of rotatable bonds is 2. The van der Waals surface area contributed by atoms with Crippen LogP contribution in [0.4, 0.5) is 0 Å². The van der Waals surface area contributed by atoms with E-state index in [4.69, 9.17) is 0 Å². The van der Waals surface area contributed by atoms with Gasteiger partial charge in [-0.2, -0.15) is 0 Å².